The molecule has 6 heteroatoms. The molecule has 0 atom stereocenters. The minimum absolute atomic E-state index is 0.279. The van der Waals surface area contributed by atoms with Crippen LogP contribution in [0.15, 0.2) is 55.1 Å². The van der Waals surface area contributed by atoms with Crippen LogP contribution in [0.5, 0.6) is 0 Å². The van der Waals surface area contributed by atoms with E-state index in [0.29, 0.717) is 16.0 Å². The fourth-order valence-electron chi connectivity index (χ4n) is 1.25. The van der Waals surface area contributed by atoms with Crippen LogP contribution in [0, 0.1) is 0 Å². The zero-order valence-electron chi connectivity index (χ0n) is 9.06. The number of furan rings is 1. The van der Waals surface area contributed by atoms with Gasteiger partial charge in [-0.1, -0.05) is 22.0 Å². The molecule has 4 nitrogen and oxygen atoms in total. The number of benzene rings is 1. The van der Waals surface area contributed by atoms with E-state index in [0.717, 1.165) is 4.47 Å². The van der Waals surface area contributed by atoms with Gasteiger partial charge in [0.2, 0.25) is 0 Å². The van der Waals surface area contributed by atoms with E-state index in [-0.39, 0.29) is 5.91 Å². The van der Waals surface area contributed by atoms with Crippen LogP contribution in [0.1, 0.15) is 16.1 Å². The second-order valence-electron chi connectivity index (χ2n) is 3.35. The molecule has 1 heterocycles. The Kier molecular flexibility index (Phi) is 4.33. The van der Waals surface area contributed by atoms with Gasteiger partial charge < -0.3 is 4.42 Å². The van der Waals surface area contributed by atoms with E-state index in [2.05, 4.69) is 42.4 Å². The summed E-state index contributed by atoms with van der Waals surface area (Å²) in [5, 5.41) is 3.81. The maximum atomic E-state index is 11.7. The fourth-order valence-corrected chi connectivity index (χ4v) is 1.96. The van der Waals surface area contributed by atoms with Gasteiger partial charge in [0.05, 0.1) is 6.21 Å². The molecule has 2 aromatic rings. The number of halogens is 2. The smallest absolute Gasteiger partial charge is 0.271 e. The summed E-state index contributed by atoms with van der Waals surface area (Å²) < 4.78 is 6.65. The first-order chi connectivity index (χ1) is 8.65. The summed E-state index contributed by atoms with van der Waals surface area (Å²) in [6, 6.07) is 10.5. The van der Waals surface area contributed by atoms with Crippen LogP contribution in [-0.4, -0.2) is 12.1 Å². The molecule has 0 aliphatic rings. The quantitative estimate of drug-likeness (QED) is 0.662. The predicted octanol–water partition coefficient (Wildman–Crippen LogP) is 3.57. The molecular weight excluding hydrogens is 364 g/mol. The van der Waals surface area contributed by atoms with Crippen molar-refractivity contribution in [3.8, 4) is 0 Å². The van der Waals surface area contributed by atoms with Crippen molar-refractivity contribution in [1.29, 1.82) is 0 Å². The number of hydrogen-bond acceptors (Lipinski definition) is 3. The van der Waals surface area contributed by atoms with Crippen LogP contribution >= 0.6 is 31.9 Å². The Bertz CT molecular complexity index is 593. The molecule has 0 saturated heterocycles. The van der Waals surface area contributed by atoms with E-state index < -0.39 is 0 Å². The summed E-state index contributed by atoms with van der Waals surface area (Å²) in [6.45, 7) is 0. The highest BCUT2D eigenvalue weighted by atomic mass is 79.9. The molecule has 1 N–H and O–H groups in total. The minimum Gasteiger partial charge on any atom is -0.448 e. The first kappa shape index (κ1) is 13.0. The molecule has 0 spiro atoms. The van der Waals surface area contributed by atoms with Gasteiger partial charge in [0.15, 0.2) is 4.67 Å². The van der Waals surface area contributed by atoms with Gasteiger partial charge in [-0.2, -0.15) is 5.10 Å². The van der Waals surface area contributed by atoms with Crippen LogP contribution in [0.2, 0.25) is 0 Å². The Morgan fingerprint density at radius 2 is 2.11 bits per heavy atom. The van der Waals surface area contributed by atoms with Crippen LogP contribution in [0.4, 0.5) is 0 Å². The van der Waals surface area contributed by atoms with Crippen LogP contribution in [-0.2, 0) is 0 Å². The van der Waals surface area contributed by atoms with Crippen molar-refractivity contribution in [2.45, 2.75) is 0 Å². The van der Waals surface area contributed by atoms with Crippen molar-refractivity contribution < 1.29 is 9.21 Å². The highest BCUT2D eigenvalue weighted by Gasteiger charge is 2.03. The molecule has 0 saturated carbocycles. The average Bonchev–Trinajstić information content (AvgIpc) is 2.75. The van der Waals surface area contributed by atoms with Gasteiger partial charge in [-0.05, 0) is 46.3 Å². The molecule has 0 aliphatic carbocycles. The van der Waals surface area contributed by atoms with Crippen LogP contribution < -0.4 is 5.43 Å². The van der Waals surface area contributed by atoms with E-state index in [1.807, 2.05) is 6.07 Å². The van der Waals surface area contributed by atoms with Crippen molar-refractivity contribution in [3.63, 3.8) is 0 Å². The Labute approximate surface area is 120 Å². The summed E-state index contributed by atoms with van der Waals surface area (Å²) in [4.78, 5) is 11.7. The van der Waals surface area contributed by atoms with Crippen molar-refractivity contribution in [2.24, 2.45) is 5.10 Å². The Morgan fingerprint density at radius 1 is 1.28 bits per heavy atom. The van der Waals surface area contributed by atoms with Gasteiger partial charge in [-0.3, -0.25) is 4.79 Å². The lowest BCUT2D eigenvalue weighted by molar-refractivity contribution is 0.0955. The van der Waals surface area contributed by atoms with E-state index in [1.165, 1.54) is 6.21 Å². The number of nitrogens with zero attached hydrogens (tertiary/aromatic N) is 1. The van der Waals surface area contributed by atoms with Crippen LogP contribution in [0.3, 0.4) is 0 Å². The molecule has 0 aliphatic heterocycles. The summed E-state index contributed by atoms with van der Waals surface area (Å²) in [7, 11) is 0. The molecule has 0 bridgehead atoms. The van der Waals surface area contributed by atoms with Gasteiger partial charge in [0.1, 0.15) is 5.76 Å². The second kappa shape index (κ2) is 5.97. The van der Waals surface area contributed by atoms with Crippen LogP contribution in [0.25, 0.3) is 0 Å². The SMILES string of the molecule is O=C(N/N=C\c1ccc(Br)o1)c1cccc(Br)c1. The molecule has 1 aromatic heterocycles. The largest absolute Gasteiger partial charge is 0.448 e. The highest BCUT2D eigenvalue weighted by molar-refractivity contribution is 9.10. The Morgan fingerprint density at radius 3 is 2.78 bits per heavy atom. The molecule has 2 rings (SSSR count). The molecule has 0 radical (unpaired) electrons. The van der Waals surface area contributed by atoms with Gasteiger partial charge >= 0.3 is 0 Å². The molecule has 0 fully saturated rings. The molecular formula is C12H8Br2N2O2. The third kappa shape index (κ3) is 3.54. The van der Waals surface area contributed by atoms with Gasteiger partial charge in [0.25, 0.3) is 5.91 Å². The Hall–Kier alpha value is -1.40. The lowest BCUT2D eigenvalue weighted by Crippen LogP contribution is -2.17. The predicted molar refractivity (Wildman–Crippen MR) is 75.6 cm³/mol. The highest BCUT2D eigenvalue weighted by Crippen LogP contribution is 2.12. The number of hydrogen-bond donors (Lipinski definition) is 1. The van der Waals surface area contributed by atoms with E-state index >= 15 is 0 Å². The number of rotatable bonds is 3. The summed E-state index contributed by atoms with van der Waals surface area (Å²) in [6.07, 6.45) is 1.43. The zero-order chi connectivity index (χ0) is 13.0. The topological polar surface area (TPSA) is 54.6 Å². The minimum atomic E-state index is -0.279. The van der Waals surface area contributed by atoms with Crippen molar-refractivity contribution in [2.75, 3.05) is 0 Å². The van der Waals surface area contributed by atoms with Gasteiger partial charge in [0, 0.05) is 10.0 Å². The normalized spacial score (nSPS) is 10.8. The monoisotopic (exact) mass is 370 g/mol. The lowest BCUT2D eigenvalue weighted by atomic mass is 10.2. The van der Waals surface area contributed by atoms with E-state index in [1.54, 1.807) is 30.3 Å². The standard InChI is InChI=1S/C12H8Br2N2O2/c13-9-3-1-2-8(6-9)12(17)16-15-7-10-4-5-11(14)18-10/h1-7H,(H,16,17)/b15-7-. The third-order valence-electron chi connectivity index (χ3n) is 2.04. The van der Waals surface area contributed by atoms with Gasteiger partial charge in [-0.15, -0.1) is 0 Å². The lowest BCUT2D eigenvalue weighted by Gasteiger charge is -1.99. The maximum absolute atomic E-state index is 11.7. The second-order valence-corrected chi connectivity index (χ2v) is 5.05. The number of carbonyl (C=O) groups is 1. The average molecular weight is 372 g/mol. The number of carbonyl (C=O) groups excluding carboxylic acids is 1. The number of nitrogens with one attached hydrogen (secondary N) is 1. The van der Waals surface area contributed by atoms with Crippen molar-refractivity contribution in [3.05, 3.63) is 56.9 Å². The first-order valence-electron chi connectivity index (χ1n) is 4.99. The molecule has 1 aromatic carbocycles. The van der Waals surface area contributed by atoms with Crippen molar-refractivity contribution in [1.82, 2.24) is 5.43 Å². The number of amides is 1. The maximum Gasteiger partial charge on any atom is 0.271 e. The summed E-state index contributed by atoms with van der Waals surface area (Å²) >= 11 is 6.48. The van der Waals surface area contributed by atoms with E-state index in [4.69, 9.17) is 4.42 Å². The summed E-state index contributed by atoms with van der Waals surface area (Å²) in [5.74, 6) is 0.273. The number of hydrazone groups is 1. The van der Waals surface area contributed by atoms with E-state index in [9.17, 15) is 4.79 Å². The first-order valence-corrected chi connectivity index (χ1v) is 6.58. The molecule has 92 valence electrons. The molecule has 0 unspecified atom stereocenters. The third-order valence-corrected chi connectivity index (χ3v) is 2.96. The molecule has 18 heavy (non-hydrogen) atoms. The van der Waals surface area contributed by atoms with Gasteiger partial charge in [-0.25, -0.2) is 5.43 Å². The fraction of sp³-hybridized carbons (Fsp3) is 0. The Balaban J connectivity index is 1.98. The summed E-state index contributed by atoms with van der Waals surface area (Å²) in [5.41, 5.74) is 2.95. The zero-order valence-corrected chi connectivity index (χ0v) is 12.2. The molecule has 1 amide bonds. The van der Waals surface area contributed by atoms with Crippen molar-refractivity contribution >= 4 is 44.0 Å².